The van der Waals surface area contributed by atoms with E-state index in [4.69, 9.17) is 0 Å². The quantitative estimate of drug-likeness (QED) is 0.357. The molecule has 72 valence electrons. The summed E-state index contributed by atoms with van der Waals surface area (Å²) in [5, 5.41) is 0. The summed E-state index contributed by atoms with van der Waals surface area (Å²) in [6.45, 7) is 0. The summed E-state index contributed by atoms with van der Waals surface area (Å²) >= 11 is 14.3. The van der Waals surface area contributed by atoms with E-state index < -0.39 is 0 Å². The number of rotatable bonds is 0. The maximum atomic E-state index is 3.59. The van der Waals surface area contributed by atoms with E-state index in [1.54, 1.807) is 0 Å². The van der Waals surface area contributed by atoms with Gasteiger partial charge in [0.2, 0.25) is 8.93 Å². The minimum atomic E-state index is -0.274. The monoisotopic (exact) mass is 497 g/mol. The van der Waals surface area contributed by atoms with Crippen molar-refractivity contribution in [2.45, 2.75) is 6.59 Å². The zero-order chi connectivity index (χ0) is 8.98. The van der Waals surface area contributed by atoms with Crippen molar-refractivity contribution in [3.05, 3.63) is 30.1 Å². The molecule has 0 saturated carbocycles. The lowest BCUT2D eigenvalue weighted by molar-refractivity contribution is -0.757. The van der Waals surface area contributed by atoms with Gasteiger partial charge >= 0.3 is 3.36 Å². The van der Waals surface area contributed by atoms with Crippen molar-refractivity contribution in [2.75, 3.05) is 0 Å². The maximum absolute atomic E-state index is 3.59. The molecule has 0 amide bonds. The maximum Gasteiger partial charge on any atom is 0.310 e. The van der Waals surface area contributed by atoms with Gasteiger partial charge in [0.05, 0.1) is 0 Å². The first-order valence-corrected chi connectivity index (χ1v) is 6.42. The average Bonchev–Trinajstić information content (AvgIpc) is 2.04. The van der Waals surface area contributed by atoms with Crippen LogP contribution < -0.4 is 21.5 Å². The highest BCUT2D eigenvalue weighted by Crippen LogP contribution is 2.60. The van der Waals surface area contributed by atoms with Crippen LogP contribution >= 0.6 is 63.7 Å². The fourth-order valence-corrected chi connectivity index (χ4v) is 3.25. The molecule has 6 heteroatoms. The molecule has 0 spiro atoms. The Kier molecular flexibility index (Phi) is 3.74. The van der Waals surface area contributed by atoms with Gasteiger partial charge in [-0.15, -0.1) is 0 Å². The first-order valence-electron chi connectivity index (χ1n) is 3.25. The van der Waals surface area contributed by atoms with Crippen LogP contribution in [0.2, 0.25) is 0 Å². The molecule has 0 radical (unpaired) electrons. The molecule has 0 saturated heterocycles. The smallest absolute Gasteiger partial charge is 0.310 e. The van der Waals surface area contributed by atoms with Gasteiger partial charge in [-0.2, -0.15) is 4.57 Å². The summed E-state index contributed by atoms with van der Waals surface area (Å²) in [6.07, 6.45) is 2.01. The molecule has 2 heterocycles. The second-order valence-corrected chi connectivity index (χ2v) is 9.37. The number of aromatic nitrogens is 1. The summed E-state index contributed by atoms with van der Waals surface area (Å²) < 4.78 is 1.59. The highest BCUT2D eigenvalue weighted by Gasteiger charge is 2.68. The van der Waals surface area contributed by atoms with E-state index in [-0.39, 0.29) is 23.6 Å². The van der Waals surface area contributed by atoms with Crippen LogP contribution in [-0.4, -0.2) is 0 Å². The molecule has 0 aromatic carbocycles. The lowest BCUT2D eigenvalue weighted by Gasteiger charge is -2.37. The number of halogens is 5. The largest absolute Gasteiger partial charge is 1.00 e. The first kappa shape index (κ1) is 12.6. The van der Waals surface area contributed by atoms with E-state index >= 15 is 0 Å². The van der Waals surface area contributed by atoms with Crippen LogP contribution in [0.3, 0.4) is 0 Å². The van der Waals surface area contributed by atoms with Gasteiger partial charge in [0.25, 0.3) is 0 Å². The van der Waals surface area contributed by atoms with Crippen LogP contribution in [0.1, 0.15) is 5.69 Å². The van der Waals surface area contributed by atoms with E-state index in [0.29, 0.717) is 0 Å². The molecule has 2 rings (SSSR count). The summed E-state index contributed by atoms with van der Waals surface area (Å²) in [5.74, 6) is 0. The molecule has 0 bridgehead atoms. The van der Waals surface area contributed by atoms with Gasteiger partial charge in [0.1, 0.15) is 0 Å². The van der Waals surface area contributed by atoms with Crippen molar-refractivity contribution in [3.8, 4) is 0 Å². The Balaban J connectivity index is 0.000000845. The molecule has 0 aliphatic carbocycles. The van der Waals surface area contributed by atoms with Crippen molar-refractivity contribution in [1.29, 1.82) is 0 Å². The van der Waals surface area contributed by atoms with Crippen molar-refractivity contribution < 1.29 is 21.5 Å². The molecule has 0 fully saturated rings. The number of fused-ring (bicyclic) bond motifs is 1. The van der Waals surface area contributed by atoms with Crippen LogP contribution in [-0.2, 0) is 6.59 Å². The summed E-state index contributed by atoms with van der Waals surface area (Å²) in [6, 6.07) is 6.07. The van der Waals surface area contributed by atoms with E-state index in [2.05, 4.69) is 74.4 Å². The van der Waals surface area contributed by atoms with Gasteiger partial charge in [-0.3, -0.25) is 0 Å². The minimum Gasteiger partial charge on any atom is -1.00 e. The van der Waals surface area contributed by atoms with Crippen LogP contribution in [0, 0.1) is 0 Å². The van der Waals surface area contributed by atoms with Crippen molar-refractivity contribution in [3.63, 3.8) is 0 Å². The van der Waals surface area contributed by atoms with E-state index in [9.17, 15) is 0 Å². The van der Waals surface area contributed by atoms with Crippen molar-refractivity contribution >= 4 is 63.7 Å². The van der Waals surface area contributed by atoms with Crippen LogP contribution in [0.15, 0.2) is 24.4 Å². The Hall–Kier alpha value is 1.55. The topological polar surface area (TPSA) is 3.88 Å². The molecule has 1 aromatic heterocycles. The predicted octanol–water partition coefficient (Wildman–Crippen LogP) is 0.334. The normalized spacial score (nSPS) is 20.9. The second kappa shape index (κ2) is 3.85. The number of hydrogen-bond donors (Lipinski definition) is 0. The van der Waals surface area contributed by atoms with Gasteiger partial charge in [-0.05, 0) is 0 Å². The third-order valence-corrected chi connectivity index (χ3v) is 7.90. The lowest BCUT2D eigenvalue weighted by atomic mass is 10.1. The van der Waals surface area contributed by atoms with Gasteiger partial charge in [-0.25, -0.2) is 0 Å². The third kappa shape index (κ3) is 1.61. The average molecular weight is 502 g/mol. The zero-order valence-corrected chi connectivity index (χ0v) is 14.1. The molecule has 1 aromatic rings. The molecule has 1 aliphatic rings. The van der Waals surface area contributed by atoms with E-state index in [1.165, 1.54) is 5.69 Å². The van der Waals surface area contributed by atoms with E-state index in [0.717, 1.165) is 0 Å². The molecule has 0 N–H and O–H groups in total. The summed E-state index contributed by atoms with van der Waals surface area (Å²) in [5.41, 5.74) is 1.18. The van der Waals surface area contributed by atoms with Crippen molar-refractivity contribution in [1.82, 2.24) is 0 Å². The number of hydrogen-bond acceptors (Lipinski definition) is 0. The Bertz CT molecular complexity index is 302. The molecule has 0 unspecified atom stereocenters. The standard InChI is InChI=1S/C7H4Br4N.BrH/c8-6(9)5-3-1-2-4-12(5)7(6,10)11;/h1-4H;1H/q+1;/p-1. The van der Waals surface area contributed by atoms with E-state index in [1.807, 2.05) is 18.3 Å². The van der Waals surface area contributed by atoms with Gasteiger partial charge in [-0.1, -0.05) is 37.9 Å². The number of alkyl halides is 4. The Morgan fingerprint density at radius 3 is 2.23 bits per heavy atom. The number of nitrogens with zero attached hydrogens (tertiary/aromatic N) is 1. The SMILES string of the molecule is BrC1(Br)c2cccc[n+]2C1(Br)Br.[Br-]. The highest BCUT2D eigenvalue weighted by molar-refractivity contribution is 9.29. The van der Waals surface area contributed by atoms with Crippen LogP contribution in [0.5, 0.6) is 0 Å². The third-order valence-electron chi connectivity index (χ3n) is 1.86. The second-order valence-electron chi connectivity index (χ2n) is 2.57. The Morgan fingerprint density at radius 1 is 1.08 bits per heavy atom. The molecule has 13 heavy (non-hydrogen) atoms. The first-order chi connectivity index (χ1) is 5.48. The van der Waals surface area contributed by atoms with Gasteiger partial charge in [0.15, 0.2) is 6.20 Å². The molecular weight excluding hydrogens is 498 g/mol. The molecule has 1 nitrogen and oxygen atoms in total. The lowest BCUT2D eigenvalue weighted by Crippen LogP contribution is -3.00. The Morgan fingerprint density at radius 2 is 1.69 bits per heavy atom. The highest BCUT2D eigenvalue weighted by atomic mass is 79.9. The molecular formula is C7H4Br5N. The van der Waals surface area contributed by atoms with Crippen LogP contribution in [0.25, 0.3) is 0 Å². The van der Waals surface area contributed by atoms with Gasteiger partial charge in [0, 0.05) is 44.0 Å². The fourth-order valence-electron chi connectivity index (χ4n) is 1.20. The molecule has 1 aliphatic heterocycles. The zero-order valence-electron chi connectivity index (χ0n) is 6.15. The minimum absolute atomic E-state index is 0. The Labute approximate surface area is 121 Å². The summed E-state index contributed by atoms with van der Waals surface area (Å²) in [4.78, 5) is 0. The number of pyridine rings is 1. The summed E-state index contributed by atoms with van der Waals surface area (Å²) in [7, 11) is 0. The molecule has 0 atom stereocenters. The van der Waals surface area contributed by atoms with Crippen molar-refractivity contribution in [2.24, 2.45) is 0 Å². The van der Waals surface area contributed by atoms with Crippen LogP contribution in [0.4, 0.5) is 0 Å². The fraction of sp³-hybridized carbons (Fsp3) is 0.286. The van der Waals surface area contributed by atoms with Gasteiger partial charge < -0.3 is 17.0 Å². The predicted molar refractivity (Wildman–Crippen MR) is 62.0 cm³/mol.